The van der Waals surface area contributed by atoms with Crippen LogP contribution in [0.1, 0.15) is 19.3 Å². The van der Waals surface area contributed by atoms with Gasteiger partial charge in [-0.15, -0.1) is 6.58 Å². The molecule has 0 saturated heterocycles. The first-order valence-corrected chi connectivity index (χ1v) is 5.50. The van der Waals surface area contributed by atoms with Gasteiger partial charge in [-0.05, 0) is 18.8 Å². The van der Waals surface area contributed by atoms with E-state index in [0.717, 1.165) is 19.3 Å². The lowest BCUT2D eigenvalue weighted by atomic mass is 9.96. The fourth-order valence-corrected chi connectivity index (χ4v) is 2.06. The highest BCUT2D eigenvalue weighted by Crippen LogP contribution is 2.31. The van der Waals surface area contributed by atoms with Crippen molar-refractivity contribution in [3.8, 4) is 0 Å². The summed E-state index contributed by atoms with van der Waals surface area (Å²) in [4.78, 5) is 22.1. The van der Waals surface area contributed by atoms with Crippen molar-refractivity contribution in [1.82, 2.24) is 10.6 Å². The van der Waals surface area contributed by atoms with Crippen molar-refractivity contribution in [3.05, 3.63) is 12.7 Å². The molecule has 90 valence electrons. The molecule has 5 nitrogen and oxygen atoms in total. The number of carboxylic acid groups (broad SMARTS) is 1. The lowest BCUT2D eigenvalue weighted by Crippen LogP contribution is -2.39. The number of rotatable bonds is 5. The molecular formula is C11H18N2O3. The largest absolute Gasteiger partial charge is 0.481 e. The van der Waals surface area contributed by atoms with Crippen molar-refractivity contribution in [3.63, 3.8) is 0 Å². The summed E-state index contributed by atoms with van der Waals surface area (Å²) in [5.41, 5.74) is 0. The molecule has 0 radical (unpaired) electrons. The van der Waals surface area contributed by atoms with Crippen LogP contribution < -0.4 is 10.6 Å². The highest BCUT2D eigenvalue weighted by atomic mass is 16.4. The Hall–Kier alpha value is -1.52. The van der Waals surface area contributed by atoms with E-state index in [1.54, 1.807) is 6.08 Å². The van der Waals surface area contributed by atoms with Crippen LogP contribution in [-0.2, 0) is 4.79 Å². The maximum absolute atomic E-state index is 11.2. The van der Waals surface area contributed by atoms with Crippen LogP contribution in [0.15, 0.2) is 12.7 Å². The number of hydrogen-bond acceptors (Lipinski definition) is 2. The molecule has 0 aromatic carbocycles. The number of nitrogens with one attached hydrogen (secondary N) is 2. The van der Waals surface area contributed by atoms with Crippen molar-refractivity contribution in [2.75, 3.05) is 13.1 Å². The third-order valence-electron chi connectivity index (χ3n) is 2.91. The highest BCUT2D eigenvalue weighted by molar-refractivity contribution is 5.74. The van der Waals surface area contributed by atoms with Gasteiger partial charge >= 0.3 is 12.0 Å². The first-order chi connectivity index (χ1) is 7.65. The Bertz CT molecular complexity index is 278. The molecule has 0 aromatic heterocycles. The van der Waals surface area contributed by atoms with Gasteiger partial charge in [-0.25, -0.2) is 4.79 Å². The summed E-state index contributed by atoms with van der Waals surface area (Å²) in [5, 5.41) is 14.2. The Balaban J connectivity index is 2.28. The Morgan fingerprint density at radius 1 is 1.38 bits per heavy atom. The number of amides is 2. The number of carboxylic acids is 1. The summed E-state index contributed by atoms with van der Waals surface area (Å²) in [5.74, 6) is -0.998. The van der Waals surface area contributed by atoms with Crippen LogP contribution in [0.5, 0.6) is 0 Å². The molecule has 2 atom stereocenters. The zero-order valence-corrected chi connectivity index (χ0v) is 9.24. The number of carbonyl (C=O) groups excluding carboxylic acids is 1. The average Bonchev–Trinajstić information content (AvgIpc) is 2.71. The number of carbonyl (C=O) groups is 2. The van der Waals surface area contributed by atoms with Crippen molar-refractivity contribution < 1.29 is 14.7 Å². The standard InChI is InChI=1S/C11H18N2O3/c1-2-6-12-11(16)13-7-8-4-3-5-9(8)10(14)15/h2,8-9H,1,3-7H2,(H,14,15)(H2,12,13,16). The maximum atomic E-state index is 11.2. The monoisotopic (exact) mass is 226 g/mol. The molecule has 1 saturated carbocycles. The van der Waals surface area contributed by atoms with E-state index in [0.29, 0.717) is 13.1 Å². The van der Waals surface area contributed by atoms with Crippen LogP contribution in [0, 0.1) is 11.8 Å². The third-order valence-corrected chi connectivity index (χ3v) is 2.91. The van der Waals surface area contributed by atoms with Gasteiger partial charge in [0.05, 0.1) is 5.92 Å². The molecular weight excluding hydrogens is 208 g/mol. The lowest BCUT2D eigenvalue weighted by molar-refractivity contribution is -0.142. The molecule has 1 aliphatic rings. The molecule has 0 aromatic rings. The van der Waals surface area contributed by atoms with Crippen LogP contribution in [0.4, 0.5) is 4.79 Å². The second kappa shape index (κ2) is 6.15. The summed E-state index contributed by atoms with van der Waals surface area (Å²) < 4.78 is 0. The van der Waals surface area contributed by atoms with Gasteiger partial charge in [-0.1, -0.05) is 12.5 Å². The molecule has 2 amide bonds. The van der Waals surface area contributed by atoms with Gasteiger partial charge in [0.25, 0.3) is 0 Å². The van der Waals surface area contributed by atoms with Gasteiger partial charge in [-0.2, -0.15) is 0 Å². The van der Waals surface area contributed by atoms with Crippen molar-refractivity contribution in [2.45, 2.75) is 19.3 Å². The first kappa shape index (κ1) is 12.5. The van der Waals surface area contributed by atoms with Crippen LogP contribution in [-0.4, -0.2) is 30.2 Å². The van der Waals surface area contributed by atoms with Crippen molar-refractivity contribution in [1.29, 1.82) is 0 Å². The molecule has 1 fully saturated rings. The quantitative estimate of drug-likeness (QED) is 0.611. The SMILES string of the molecule is C=CCNC(=O)NCC1CCCC1C(=O)O. The van der Waals surface area contributed by atoms with Gasteiger partial charge in [0.15, 0.2) is 0 Å². The summed E-state index contributed by atoms with van der Waals surface area (Å²) in [6.07, 6.45) is 4.11. The highest BCUT2D eigenvalue weighted by Gasteiger charge is 2.32. The fraction of sp³-hybridized carbons (Fsp3) is 0.636. The smallest absolute Gasteiger partial charge is 0.315 e. The van der Waals surface area contributed by atoms with Crippen molar-refractivity contribution in [2.24, 2.45) is 11.8 Å². The normalized spacial score (nSPS) is 23.8. The van der Waals surface area contributed by atoms with E-state index < -0.39 is 5.97 Å². The zero-order valence-electron chi connectivity index (χ0n) is 9.24. The van der Waals surface area contributed by atoms with Gasteiger partial charge < -0.3 is 15.7 Å². The van der Waals surface area contributed by atoms with Gasteiger partial charge in [-0.3, -0.25) is 4.79 Å². The van der Waals surface area contributed by atoms with Crippen LogP contribution >= 0.6 is 0 Å². The van der Waals surface area contributed by atoms with Crippen LogP contribution in [0.3, 0.4) is 0 Å². The number of urea groups is 1. The fourth-order valence-electron chi connectivity index (χ4n) is 2.06. The minimum absolute atomic E-state index is 0.0620. The molecule has 5 heteroatoms. The Kier molecular flexibility index (Phi) is 4.82. The summed E-state index contributed by atoms with van der Waals surface area (Å²) in [7, 11) is 0. The van der Waals surface area contributed by atoms with E-state index in [4.69, 9.17) is 5.11 Å². The molecule has 0 bridgehead atoms. The average molecular weight is 226 g/mol. The summed E-state index contributed by atoms with van der Waals surface area (Å²) >= 11 is 0. The van der Waals surface area contributed by atoms with Gasteiger partial charge in [0.1, 0.15) is 0 Å². The molecule has 0 heterocycles. The second-order valence-corrected chi connectivity index (χ2v) is 4.02. The van der Waals surface area contributed by atoms with Crippen LogP contribution in [0.2, 0.25) is 0 Å². The maximum Gasteiger partial charge on any atom is 0.315 e. The van der Waals surface area contributed by atoms with E-state index in [-0.39, 0.29) is 17.9 Å². The second-order valence-electron chi connectivity index (χ2n) is 4.02. The predicted molar refractivity (Wildman–Crippen MR) is 60.1 cm³/mol. The Morgan fingerprint density at radius 3 is 2.75 bits per heavy atom. The van der Waals surface area contributed by atoms with E-state index >= 15 is 0 Å². The topological polar surface area (TPSA) is 78.4 Å². The van der Waals surface area contributed by atoms with Crippen LogP contribution in [0.25, 0.3) is 0 Å². The molecule has 1 rings (SSSR count). The number of aliphatic carboxylic acids is 1. The Labute approximate surface area is 94.9 Å². The molecule has 0 spiro atoms. The molecule has 0 aliphatic heterocycles. The van der Waals surface area contributed by atoms with E-state index in [2.05, 4.69) is 17.2 Å². The van der Waals surface area contributed by atoms with Gasteiger partial charge in [0, 0.05) is 13.1 Å². The first-order valence-electron chi connectivity index (χ1n) is 5.50. The Morgan fingerprint density at radius 2 is 2.12 bits per heavy atom. The summed E-state index contributed by atoms with van der Waals surface area (Å²) in [6, 6.07) is -0.268. The van der Waals surface area contributed by atoms with E-state index in [1.807, 2.05) is 0 Å². The number of hydrogen-bond donors (Lipinski definition) is 3. The summed E-state index contributed by atoms with van der Waals surface area (Å²) in [6.45, 7) is 4.33. The van der Waals surface area contributed by atoms with Gasteiger partial charge in [0.2, 0.25) is 0 Å². The lowest BCUT2D eigenvalue weighted by Gasteiger charge is -2.16. The van der Waals surface area contributed by atoms with Crippen molar-refractivity contribution >= 4 is 12.0 Å². The zero-order chi connectivity index (χ0) is 12.0. The molecule has 1 aliphatic carbocycles. The predicted octanol–water partition coefficient (Wildman–Crippen LogP) is 0.972. The third kappa shape index (κ3) is 3.56. The molecule has 16 heavy (non-hydrogen) atoms. The minimum Gasteiger partial charge on any atom is -0.481 e. The molecule has 3 N–H and O–H groups in total. The van der Waals surface area contributed by atoms with E-state index in [9.17, 15) is 9.59 Å². The molecule has 2 unspecified atom stereocenters. The minimum atomic E-state index is -0.754. The van der Waals surface area contributed by atoms with E-state index in [1.165, 1.54) is 0 Å².